The number of amides is 2. The maximum atomic E-state index is 14.1. The fourth-order valence-electron chi connectivity index (χ4n) is 5.56. The Morgan fingerprint density at radius 3 is 2.54 bits per heavy atom. The van der Waals surface area contributed by atoms with E-state index in [9.17, 15) is 14.4 Å². The summed E-state index contributed by atoms with van der Waals surface area (Å²) in [5.41, 5.74) is 2.11. The fourth-order valence-corrected chi connectivity index (χ4v) is 6.74. The zero-order valence-corrected chi connectivity index (χ0v) is 21.7. The van der Waals surface area contributed by atoms with Crippen molar-refractivity contribution >= 4 is 54.9 Å². The van der Waals surface area contributed by atoms with E-state index in [0.717, 1.165) is 35.5 Å². The molecule has 9 nitrogen and oxygen atoms in total. The van der Waals surface area contributed by atoms with Crippen molar-refractivity contribution in [1.29, 1.82) is 0 Å². The first-order valence-corrected chi connectivity index (χ1v) is 13.7. The summed E-state index contributed by atoms with van der Waals surface area (Å²) >= 11 is 1.44. The van der Waals surface area contributed by atoms with Crippen LogP contribution >= 0.6 is 11.3 Å². The predicted molar refractivity (Wildman–Crippen MR) is 147 cm³/mol. The second-order valence-corrected chi connectivity index (χ2v) is 10.8. The Morgan fingerprint density at radius 2 is 1.78 bits per heavy atom. The molecule has 0 aliphatic carbocycles. The average molecular weight is 519 g/mol. The summed E-state index contributed by atoms with van der Waals surface area (Å²) in [6.07, 6.45) is 4.11. The molecule has 1 N–H and O–H groups in total. The fraction of sp³-hybridized carbons (Fsp3) is 0.407. The topological polar surface area (TPSA) is 90.3 Å². The van der Waals surface area contributed by atoms with Gasteiger partial charge in [0.25, 0.3) is 5.91 Å². The van der Waals surface area contributed by atoms with Gasteiger partial charge in [-0.2, -0.15) is 0 Å². The molecule has 2 fully saturated rings. The van der Waals surface area contributed by atoms with Gasteiger partial charge >= 0.3 is 0 Å². The van der Waals surface area contributed by atoms with Gasteiger partial charge in [0, 0.05) is 52.4 Å². The van der Waals surface area contributed by atoms with Gasteiger partial charge in [0.1, 0.15) is 10.4 Å². The van der Waals surface area contributed by atoms with Gasteiger partial charge in [0.15, 0.2) is 5.65 Å². The highest BCUT2D eigenvalue weighted by molar-refractivity contribution is 7.24. The van der Waals surface area contributed by atoms with Gasteiger partial charge in [-0.15, -0.1) is 11.3 Å². The number of nitrogens with one attached hydrogen (secondary N) is 1. The monoisotopic (exact) mass is 518 g/mol. The first kappa shape index (κ1) is 23.9. The molecule has 0 atom stereocenters. The quantitative estimate of drug-likeness (QED) is 0.437. The summed E-state index contributed by atoms with van der Waals surface area (Å²) in [7, 11) is 0. The minimum Gasteiger partial charge on any atom is -0.367 e. The highest BCUT2D eigenvalue weighted by atomic mass is 32.1. The largest absolute Gasteiger partial charge is 0.367 e. The number of anilines is 1. The zero-order chi connectivity index (χ0) is 25.5. The summed E-state index contributed by atoms with van der Waals surface area (Å²) in [5, 5.41) is 3.47. The van der Waals surface area contributed by atoms with E-state index in [1.54, 1.807) is 13.1 Å². The Hall–Kier alpha value is -3.50. The molecule has 2 aliphatic rings. The number of hydrogen-bond acceptors (Lipinski definition) is 7. The lowest BCUT2D eigenvalue weighted by molar-refractivity contribution is -0.129. The van der Waals surface area contributed by atoms with Crippen molar-refractivity contribution in [2.75, 3.05) is 57.3 Å². The summed E-state index contributed by atoms with van der Waals surface area (Å²) in [6.45, 7) is 7.38. The number of para-hydroxylation sites is 1. The number of hydrogen-bond donors (Lipinski definition) is 1. The van der Waals surface area contributed by atoms with Gasteiger partial charge in [-0.1, -0.05) is 12.1 Å². The van der Waals surface area contributed by atoms with Crippen LogP contribution in [0, 0.1) is 0 Å². The standard InChI is InChI=1S/C27H30N6O3S/c1-18(34)31-14-16-32(17-15-31)20-8-9-28-25-22(20)24(35)23(26(36)29-10-13-30-11-4-5-12-30)27-33(25)19-6-2-3-7-21(19)37-27/h2-3,6-9H,4-5,10-17H2,1H3,(H,29,36). The normalized spacial score (nSPS) is 16.8. The lowest BCUT2D eigenvalue weighted by atomic mass is 10.1. The number of carbonyl (C=O) groups is 2. The van der Waals surface area contributed by atoms with Crippen LogP contribution in [0.5, 0.6) is 0 Å². The van der Waals surface area contributed by atoms with Crippen LogP contribution in [0.3, 0.4) is 0 Å². The third-order valence-electron chi connectivity index (χ3n) is 7.51. The number of benzene rings is 1. The molecule has 2 aliphatic heterocycles. The van der Waals surface area contributed by atoms with E-state index < -0.39 is 0 Å². The second-order valence-electron chi connectivity index (χ2n) is 9.74. The molecule has 0 radical (unpaired) electrons. The number of rotatable bonds is 5. The Balaban J connectivity index is 1.47. The number of aromatic nitrogens is 2. The van der Waals surface area contributed by atoms with E-state index in [4.69, 9.17) is 0 Å². The molecule has 2 amide bonds. The predicted octanol–water partition coefficient (Wildman–Crippen LogP) is 2.56. The van der Waals surface area contributed by atoms with Gasteiger partial charge in [0.05, 0.1) is 21.3 Å². The minimum absolute atomic E-state index is 0.0543. The Kier molecular flexibility index (Phi) is 6.29. The van der Waals surface area contributed by atoms with E-state index >= 15 is 0 Å². The Bertz CT molecular complexity index is 1560. The number of piperazine rings is 1. The third-order valence-corrected chi connectivity index (χ3v) is 8.65. The van der Waals surface area contributed by atoms with Crippen LogP contribution in [0.25, 0.3) is 26.1 Å². The molecule has 37 heavy (non-hydrogen) atoms. The lowest BCUT2D eigenvalue weighted by Gasteiger charge is -2.36. The van der Waals surface area contributed by atoms with E-state index in [1.807, 2.05) is 39.6 Å². The highest BCUT2D eigenvalue weighted by Crippen LogP contribution is 2.33. The lowest BCUT2D eigenvalue weighted by Crippen LogP contribution is -2.48. The third kappa shape index (κ3) is 4.23. The number of pyridine rings is 2. The number of likely N-dealkylation sites (tertiary alicyclic amines) is 1. The molecule has 0 unspecified atom stereocenters. The molecular formula is C27H30N6O3S. The van der Waals surface area contributed by atoms with Crippen LogP contribution in [-0.2, 0) is 4.79 Å². The van der Waals surface area contributed by atoms with E-state index in [1.165, 1.54) is 24.2 Å². The van der Waals surface area contributed by atoms with E-state index in [-0.39, 0.29) is 22.8 Å². The van der Waals surface area contributed by atoms with Gasteiger partial charge in [-0.05, 0) is 44.1 Å². The summed E-state index contributed by atoms with van der Waals surface area (Å²) in [4.78, 5) is 51.1. The molecule has 10 heteroatoms. The number of fused-ring (bicyclic) bond motifs is 5. The number of nitrogens with zero attached hydrogens (tertiary/aromatic N) is 5. The molecule has 2 saturated heterocycles. The van der Waals surface area contributed by atoms with Crippen molar-refractivity contribution in [3.05, 3.63) is 52.3 Å². The van der Waals surface area contributed by atoms with Crippen LogP contribution in [0.4, 0.5) is 5.69 Å². The van der Waals surface area contributed by atoms with Crippen LogP contribution in [-0.4, -0.2) is 83.4 Å². The first-order valence-electron chi connectivity index (χ1n) is 12.9. The molecule has 5 heterocycles. The number of carbonyl (C=O) groups excluding carboxylic acids is 2. The molecule has 1 aromatic carbocycles. The van der Waals surface area contributed by atoms with Crippen molar-refractivity contribution in [1.82, 2.24) is 24.5 Å². The maximum absolute atomic E-state index is 14.1. The van der Waals surface area contributed by atoms with Gasteiger partial charge in [0.2, 0.25) is 11.3 Å². The summed E-state index contributed by atoms with van der Waals surface area (Å²) < 4.78 is 2.95. The molecule has 192 valence electrons. The van der Waals surface area contributed by atoms with Crippen molar-refractivity contribution < 1.29 is 9.59 Å². The van der Waals surface area contributed by atoms with Crippen molar-refractivity contribution in [2.24, 2.45) is 0 Å². The SMILES string of the molecule is CC(=O)N1CCN(c2ccnc3c2c(=O)c(C(=O)NCCN2CCCC2)c2sc4ccccc4n23)CC1. The smallest absolute Gasteiger partial charge is 0.258 e. The second kappa shape index (κ2) is 9.75. The Labute approximate surface area is 218 Å². The summed E-state index contributed by atoms with van der Waals surface area (Å²) in [6, 6.07) is 9.77. The molecule has 0 bridgehead atoms. The van der Waals surface area contributed by atoms with Crippen LogP contribution in [0.15, 0.2) is 41.3 Å². The van der Waals surface area contributed by atoms with Gasteiger partial charge < -0.3 is 20.0 Å². The minimum atomic E-state index is -0.341. The maximum Gasteiger partial charge on any atom is 0.258 e. The van der Waals surface area contributed by atoms with E-state index in [0.29, 0.717) is 48.6 Å². The molecule has 0 spiro atoms. The van der Waals surface area contributed by atoms with Crippen LogP contribution in [0.2, 0.25) is 0 Å². The van der Waals surface area contributed by atoms with Crippen molar-refractivity contribution in [3.63, 3.8) is 0 Å². The van der Waals surface area contributed by atoms with Crippen LogP contribution in [0.1, 0.15) is 30.1 Å². The molecule has 3 aromatic heterocycles. The van der Waals surface area contributed by atoms with Gasteiger partial charge in [-0.25, -0.2) is 4.98 Å². The average Bonchev–Trinajstić information content (AvgIpc) is 3.56. The van der Waals surface area contributed by atoms with Crippen LogP contribution < -0.4 is 15.6 Å². The summed E-state index contributed by atoms with van der Waals surface area (Å²) in [5.74, 6) is -0.287. The molecule has 6 rings (SSSR count). The zero-order valence-electron chi connectivity index (χ0n) is 20.9. The molecule has 0 saturated carbocycles. The molecule has 4 aromatic rings. The number of thiazole rings is 1. The van der Waals surface area contributed by atoms with Gasteiger partial charge in [-0.3, -0.25) is 18.8 Å². The van der Waals surface area contributed by atoms with Crippen molar-refractivity contribution in [3.8, 4) is 0 Å². The molecular weight excluding hydrogens is 488 g/mol. The Morgan fingerprint density at radius 1 is 1.03 bits per heavy atom. The highest BCUT2D eigenvalue weighted by Gasteiger charge is 2.27. The first-order chi connectivity index (χ1) is 18.0. The van der Waals surface area contributed by atoms with Crippen molar-refractivity contribution in [2.45, 2.75) is 19.8 Å². The van der Waals surface area contributed by atoms with E-state index in [2.05, 4.69) is 20.1 Å².